The van der Waals surface area contributed by atoms with Crippen molar-refractivity contribution in [2.45, 2.75) is 33.7 Å². The Kier molecular flexibility index (Phi) is 5.85. The van der Waals surface area contributed by atoms with Crippen molar-refractivity contribution in [3.63, 3.8) is 0 Å². The molecule has 0 aliphatic rings. The van der Waals surface area contributed by atoms with Crippen LogP contribution in [-0.2, 0) is 4.74 Å². The quantitative estimate of drug-likeness (QED) is 0.807. The van der Waals surface area contributed by atoms with Gasteiger partial charge in [-0.05, 0) is 19.8 Å². The molecule has 0 bridgehead atoms. The Hall–Kier alpha value is -1.36. The van der Waals surface area contributed by atoms with Gasteiger partial charge in [-0.25, -0.2) is 4.98 Å². The Balaban J connectivity index is 2.81. The summed E-state index contributed by atoms with van der Waals surface area (Å²) in [5, 5.41) is 3.29. The largest absolute Gasteiger partial charge is 0.478 e. The fraction of sp³-hybridized carbons (Fsp3) is 0.692. The van der Waals surface area contributed by atoms with Crippen molar-refractivity contribution in [1.29, 1.82) is 0 Å². The molecule has 1 atom stereocenters. The highest BCUT2D eigenvalue weighted by molar-refractivity contribution is 5.32. The van der Waals surface area contributed by atoms with Gasteiger partial charge in [-0.3, -0.25) is 0 Å². The number of nitrogens with one attached hydrogen (secondary N) is 1. The first kappa shape index (κ1) is 14.7. The first-order valence-corrected chi connectivity index (χ1v) is 6.30. The molecular formula is C13H23N3O2. The van der Waals surface area contributed by atoms with E-state index in [1.165, 1.54) is 0 Å². The Morgan fingerprint density at radius 2 is 2.06 bits per heavy atom. The second kappa shape index (κ2) is 7.16. The van der Waals surface area contributed by atoms with Crippen molar-refractivity contribution in [1.82, 2.24) is 9.97 Å². The number of aryl methyl sites for hydroxylation is 1. The Morgan fingerprint density at radius 3 is 2.61 bits per heavy atom. The SMILES string of the molecule is CCOc1cc(C)nc(NC(COC)C(C)C)n1. The number of anilines is 1. The minimum Gasteiger partial charge on any atom is -0.478 e. The van der Waals surface area contributed by atoms with Gasteiger partial charge in [0.05, 0.1) is 19.3 Å². The van der Waals surface area contributed by atoms with Crippen molar-refractivity contribution in [2.24, 2.45) is 5.92 Å². The Labute approximate surface area is 109 Å². The molecule has 5 heteroatoms. The van der Waals surface area contributed by atoms with Crippen LogP contribution in [0.2, 0.25) is 0 Å². The van der Waals surface area contributed by atoms with E-state index < -0.39 is 0 Å². The summed E-state index contributed by atoms with van der Waals surface area (Å²) in [5.41, 5.74) is 0.885. The van der Waals surface area contributed by atoms with E-state index in [0.29, 0.717) is 31.0 Å². The summed E-state index contributed by atoms with van der Waals surface area (Å²) in [5.74, 6) is 1.63. The molecule has 0 radical (unpaired) electrons. The summed E-state index contributed by atoms with van der Waals surface area (Å²) in [6.07, 6.45) is 0. The zero-order valence-electron chi connectivity index (χ0n) is 11.9. The second-order valence-corrected chi connectivity index (χ2v) is 4.55. The average molecular weight is 253 g/mol. The maximum absolute atomic E-state index is 5.41. The predicted octanol–water partition coefficient (Wildman–Crippen LogP) is 2.27. The van der Waals surface area contributed by atoms with Crippen molar-refractivity contribution >= 4 is 5.95 Å². The third kappa shape index (κ3) is 4.49. The average Bonchev–Trinajstić information content (AvgIpc) is 2.28. The van der Waals surface area contributed by atoms with Crippen LogP contribution in [0.15, 0.2) is 6.07 Å². The monoisotopic (exact) mass is 253 g/mol. The van der Waals surface area contributed by atoms with E-state index in [2.05, 4.69) is 29.1 Å². The maximum Gasteiger partial charge on any atom is 0.226 e. The molecule has 0 saturated heterocycles. The molecule has 0 fully saturated rings. The fourth-order valence-electron chi connectivity index (χ4n) is 1.57. The number of rotatable bonds is 7. The standard InChI is InChI=1S/C13H23N3O2/c1-6-18-12-7-10(4)14-13(16-12)15-11(8-17-5)9(2)3/h7,9,11H,6,8H2,1-5H3,(H,14,15,16). The van der Waals surface area contributed by atoms with E-state index in [-0.39, 0.29) is 6.04 Å². The van der Waals surface area contributed by atoms with Gasteiger partial charge in [0.2, 0.25) is 11.8 Å². The highest BCUT2D eigenvalue weighted by Crippen LogP contribution is 2.14. The number of methoxy groups -OCH3 is 1. The Morgan fingerprint density at radius 1 is 1.33 bits per heavy atom. The normalized spacial score (nSPS) is 12.6. The van der Waals surface area contributed by atoms with Gasteiger partial charge in [0.15, 0.2) is 0 Å². The number of hydrogen-bond donors (Lipinski definition) is 1. The number of hydrogen-bond acceptors (Lipinski definition) is 5. The van der Waals surface area contributed by atoms with Gasteiger partial charge in [0.25, 0.3) is 0 Å². The molecule has 5 nitrogen and oxygen atoms in total. The molecule has 0 aliphatic carbocycles. The summed E-state index contributed by atoms with van der Waals surface area (Å²) in [6.45, 7) is 9.36. The zero-order chi connectivity index (χ0) is 13.5. The second-order valence-electron chi connectivity index (χ2n) is 4.55. The van der Waals surface area contributed by atoms with E-state index >= 15 is 0 Å². The first-order valence-electron chi connectivity index (χ1n) is 6.30. The number of aromatic nitrogens is 2. The third-order valence-electron chi connectivity index (χ3n) is 2.59. The molecule has 0 aromatic carbocycles. The molecule has 1 aromatic rings. The van der Waals surface area contributed by atoms with E-state index in [1.807, 2.05) is 19.9 Å². The van der Waals surface area contributed by atoms with E-state index in [0.717, 1.165) is 5.69 Å². The van der Waals surface area contributed by atoms with Crippen LogP contribution < -0.4 is 10.1 Å². The lowest BCUT2D eigenvalue weighted by molar-refractivity contribution is 0.170. The van der Waals surface area contributed by atoms with Gasteiger partial charge in [-0.2, -0.15) is 4.98 Å². The van der Waals surface area contributed by atoms with Crippen LogP contribution in [-0.4, -0.2) is 36.3 Å². The van der Waals surface area contributed by atoms with E-state index in [4.69, 9.17) is 9.47 Å². The van der Waals surface area contributed by atoms with Crippen LogP contribution in [0.1, 0.15) is 26.5 Å². The third-order valence-corrected chi connectivity index (χ3v) is 2.59. The molecule has 0 aliphatic heterocycles. The highest BCUT2D eigenvalue weighted by atomic mass is 16.5. The smallest absolute Gasteiger partial charge is 0.226 e. The van der Waals surface area contributed by atoms with Crippen molar-refractivity contribution in [3.05, 3.63) is 11.8 Å². The summed E-state index contributed by atoms with van der Waals surface area (Å²) in [7, 11) is 1.69. The molecule has 1 aromatic heterocycles. The molecule has 1 N–H and O–H groups in total. The van der Waals surface area contributed by atoms with Crippen LogP contribution in [0.25, 0.3) is 0 Å². The topological polar surface area (TPSA) is 56.3 Å². The lowest BCUT2D eigenvalue weighted by Gasteiger charge is -2.21. The lowest BCUT2D eigenvalue weighted by atomic mass is 10.1. The van der Waals surface area contributed by atoms with Gasteiger partial charge in [0.1, 0.15) is 0 Å². The summed E-state index contributed by atoms with van der Waals surface area (Å²) in [4.78, 5) is 8.69. The Bertz CT molecular complexity index is 369. The van der Waals surface area contributed by atoms with Gasteiger partial charge in [-0.1, -0.05) is 13.8 Å². The van der Waals surface area contributed by atoms with Gasteiger partial charge in [0, 0.05) is 18.9 Å². The van der Waals surface area contributed by atoms with Crippen molar-refractivity contribution in [2.75, 3.05) is 25.6 Å². The zero-order valence-corrected chi connectivity index (χ0v) is 11.9. The van der Waals surface area contributed by atoms with Gasteiger partial charge >= 0.3 is 0 Å². The van der Waals surface area contributed by atoms with Crippen LogP contribution >= 0.6 is 0 Å². The van der Waals surface area contributed by atoms with Crippen molar-refractivity contribution < 1.29 is 9.47 Å². The summed E-state index contributed by atoms with van der Waals surface area (Å²) in [6, 6.07) is 2.02. The summed E-state index contributed by atoms with van der Waals surface area (Å²) >= 11 is 0. The molecule has 0 saturated carbocycles. The van der Waals surface area contributed by atoms with E-state index in [9.17, 15) is 0 Å². The van der Waals surface area contributed by atoms with Crippen LogP contribution in [0, 0.1) is 12.8 Å². The molecule has 0 amide bonds. The summed E-state index contributed by atoms with van der Waals surface area (Å²) < 4.78 is 10.6. The molecule has 0 spiro atoms. The molecule has 1 unspecified atom stereocenters. The number of ether oxygens (including phenoxy) is 2. The van der Waals surface area contributed by atoms with E-state index in [1.54, 1.807) is 7.11 Å². The van der Waals surface area contributed by atoms with Crippen molar-refractivity contribution in [3.8, 4) is 5.88 Å². The van der Waals surface area contributed by atoms with Gasteiger partial charge in [-0.15, -0.1) is 0 Å². The van der Waals surface area contributed by atoms with Crippen LogP contribution in [0.5, 0.6) is 5.88 Å². The molecule has 1 heterocycles. The minimum atomic E-state index is 0.186. The predicted molar refractivity (Wildman–Crippen MR) is 72.1 cm³/mol. The maximum atomic E-state index is 5.41. The molecule has 102 valence electrons. The van der Waals surface area contributed by atoms with Gasteiger partial charge < -0.3 is 14.8 Å². The highest BCUT2D eigenvalue weighted by Gasteiger charge is 2.15. The molecule has 18 heavy (non-hydrogen) atoms. The minimum absolute atomic E-state index is 0.186. The van der Waals surface area contributed by atoms with Crippen LogP contribution in [0.4, 0.5) is 5.95 Å². The molecular weight excluding hydrogens is 230 g/mol. The number of nitrogens with zero attached hydrogens (tertiary/aromatic N) is 2. The fourth-order valence-corrected chi connectivity index (χ4v) is 1.57. The lowest BCUT2D eigenvalue weighted by Crippen LogP contribution is -2.31. The van der Waals surface area contributed by atoms with Crippen LogP contribution in [0.3, 0.4) is 0 Å². The molecule has 1 rings (SSSR count). The first-order chi connectivity index (χ1) is 8.56.